The van der Waals surface area contributed by atoms with Crippen LogP contribution in [0.4, 0.5) is 13.2 Å². The zero-order valence-corrected chi connectivity index (χ0v) is 11.6. The number of nitrogens with zero attached hydrogens (tertiary/aromatic N) is 2. The fraction of sp³-hybridized carbons (Fsp3) is 0.200. The van der Waals surface area contributed by atoms with Crippen molar-refractivity contribution in [2.45, 2.75) is 13.1 Å². The molecule has 3 aromatic rings. The van der Waals surface area contributed by atoms with E-state index in [1.807, 2.05) is 6.92 Å². The highest BCUT2D eigenvalue weighted by molar-refractivity contribution is 5.84. The number of aromatic amines is 1. The summed E-state index contributed by atoms with van der Waals surface area (Å²) < 4.78 is 43.6. The molecule has 22 heavy (non-hydrogen) atoms. The van der Waals surface area contributed by atoms with E-state index < -0.39 is 11.9 Å². The van der Waals surface area contributed by atoms with E-state index in [4.69, 9.17) is 4.74 Å². The molecule has 0 fully saturated rings. The van der Waals surface area contributed by atoms with E-state index in [2.05, 4.69) is 15.0 Å². The average molecular weight is 307 g/mol. The molecule has 0 aromatic carbocycles. The summed E-state index contributed by atoms with van der Waals surface area (Å²) in [6.45, 7) is 2.31. The van der Waals surface area contributed by atoms with Crippen molar-refractivity contribution < 1.29 is 17.9 Å². The molecule has 0 unspecified atom stereocenters. The molecule has 3 rings (SSSR count). The van der Waals surface area contributed by atoms with E-state index >= 15 is 0 Å². The Morgan fingerprint density at radius 3 is 2.77 bits per heavy atom. The Morgan fingerprint density at radius 2 is 2.05 bits per heavy atom. The van der Waals surface area contributed by atoms with Gasteiger partial charge in [0.05, 0.1) is 18.5 Å². The molecule has 3 heterocycles. The summed E-state index contributed by atoms with van der Waals surface area (Å²) >= 11 is 0. The van der Waals surface area contributed by atoms with Crippen molar-refractivity contribution in [1.82, 2.24) is 15.0 Å². The maximum absolute atomic E-state index is 12.7. The van der Waals surface area contributed by atoms with Crippen molar-refractivity contribution in [2.75, 3.05) is 6.61 Å². The van der Waals surface area contributed by atoms with Crippen LogP contribution in [-0.4, -0.2) is 21.6 Å². The van der Waals surface area contributed by atoms with Gasteiger partial charge >= 0.3 is 6.18 Å². The van der Waals surface area contributed by atoms with Crippen LogP contribution in [0.25, 0.3) is 22.3 Å². The molecule has 0 amide bonds. The first-order chi connectivity index (χ1) is 10.5. The molecule has 1 N–H and O–H groups in total. The minimum atomic E-state index is -4.47. The molecule has 4 nitrogen and oxygen atoms in total. The quantitative estimate of drug-likeness (QED) is 0.794. The lowest BCUT2D eigenvalue weighted by Gasteiger charge is -2.07. The smallest absolute Gasteiger partial charge is 0.433 e. The van der Waals surface area contributed by atoms with Crippen LogP contribution in [-0.2, 0) is 6.18 Å². The zero-order chi connectivity index (χ0) is 15.7. The van der Waals surface area contributed by atoms with Crippen LogP contribution in [0.15, 0.2) is 36.7 Å². The Bertz CT molecular complexity index is 811. The van der Waals surface area contributed by atoms with Crippen LogP contribution in [0.5, 0.6) is 5.75 Å². The monoisotopic (exact) mass is 307 g/mol. The van der Waals surface area contributed by atoms with Gasteiger partial charge in [-0.15, -0.1) is 0 Å². The Morgan fingerprint density at radius 1 is 1.23 bits per heavy atom. The first kappa shape index (κ1) is 14.4. The number of hydrogen-bond acceptors (Lipinski definition) is 3. The van der Waals surface area contributed by atoms with E-state index in [-0.39, 0.29) is 5.65 Å². The third-order valence-corrected chi connectivity index (χ3v) is 3.14. The van der Waals surface area contributed by atoms with Gasteiger partial charge in [0.25, 0.3) is 0 Å². The Balaban J connectivity index is 2.09. The summed E-state index contributed by atoms with van der Waals surface area (Å²) in [5.41, 5.74) is 0.619. The van der Waals surface area contributed by atoms with Gasteiger partial charge in [0.15, 0.2) is 0 Å². The van der Waals surface area contributed by atoms with E-state index in [1.165, 1.54) is 6.07 Å². The van der Waals surface area contributed by atoms with Crippen LogP contribution >= 0.6 is 0 Å². The van der Waals surface area contributed by atoms with Crippen molar-refractivity contribution in [3.05, 3.63) is 42.4 Å². The number of nitrogens with one attached hydrogen (secondary N) is 1. The Hall–Kier alpha value is -2.57. The van der Waals surface area contributed by atoms with Crippen molar-refractivity contribution in [3.63, 3.8) is 0 Å². The largest absolute Gasteiger partial charge is 0.492 e. The van der Waals surface area contributed by atoms with Gasteiger partial charge in [-0.1, -0.05) is 0 Å². The van der Waals surface area contributed by atoms with Gasteiger partial charge in [0, 0.05) is 17.1 Å². The predicted molar refractivity (Wildman–Crippen MR) is 75.5 cm³/mol. The number of rotatable bonds is 3. The standard InChI is InChI=1S/C15H12F3N3O/c1-2-22-12-8-19-6-5-10(12)11-7-9-3-4-13(15(16,17)18)21-14(9)20-11/h3-8H,2H2,1H3,(H,20,21). The van der Waals surface area contributed by atoms with E-state index in [1.54, 1.807) is 24.5 Å². The molecule has 0 saturated heterocycles. The minimum absolute atomic E-state index is 0.184. The Labute approximate surface area is 124 Å². The maximum Gasteiger partial charge on any atom is 0.433 e. The van der Waals surface area contributed by atoms with Gasteiger partial charge in [0.2, 0.25) is 0 Å². The highest BCUT2D eigenvalue weighted by atomic mass is 19.4. The number of halogens is 3. The van der Waals surface area contributed by atoms with Crippen molar-refractivity contribution in [2.24, 2.45) is 0 Å². The molecule has 0 saturated carbocycles. The molecule has 114 valence electrons. The summed E-state index contributed by atoms with van der Waals surface area (Å²) in [5.74, 6) is 0.563. The summed E-state index contributed by atoms with van der Waals surface area (Å²) in [4.78, 5) is 10.5. The molecule has 0 atom stereocenters. The normalized spacial score (nSPS) is 11.8. The summed E-state index contributed by atoms with van der Waals surface area (Å²) in [7, 11) is 0. The third-order valence-electron chi connectivity index (χ3n) is 3.14. The number of pyridine rings is 2. The first-order valence-electron chi connectivity index (χ1n) is 6.63. The number of hydrogen-bond donors (Lipinski definition) is 1. The summed E-state index contributed by atoms with van der Waals surface area (Å²) in [6.07, 6.45) is -1.30. The second-order valence-corrected chi connectivity index (χ2v) is 4.62. The maximum atomic E-state index is 12.7. The van der Waals surface area contributed by atoms with Gasteiger partial charge in [-0.05, 0) is 31.2 Å². The number of aromatic nitrogens is 3. The number of alkyl halides is 3. The molecule has 7 heteroatoms. The number of fused-ring (bicyclic) bond motifs is 1. The molecular formula is C15H12F3N3O. The lowest BCUT2D eigenvalue weighted by molar-refractivity contribution is -0.141. The van der Waals surface area contributed by atoms with Crippen LogP contribution in [0, 0.1) is 0 Å². The topological polar surface area (TPSA) is 50.8 Å². The summed E-state index contributed by atoms with van der Waals surface area (Å²) in [6, 6.07) is 5.84. The fourth-order valence-electron chi connectivity index (χ4n) is 2.18. The predicted octanol–water partition coefficient (Wildman–Crippen LogP) is 4.04. The molecule has 0 aliphatic rings. The van der Waals surface area contributed by atoms with E-state index in [0.29, 0.717) is 23.4 Å². The fourth-order valence-corrected chi connectivity index (χ4v) is 2.18. The van der Waals surface area contributed by atoms with Gasteiger partial charge < -0.3 is 9.72 Å². The van der Waals surface area contributed by atoms with E-state index in [9.17, 15) is 13.2 Å². The van der Waals surface area contributed by atoms with E-state index in [0.717, 1.165) is 11.6 Å². The van der Waals surface area contributed by atoms with Gasteiger partial charge in [-0.3, -0.25) is 4.98 Å². The zero-order valence-electron chi connectivity index (χ0n) is 11.6. The van der Waals surface area contributed by atoms with Crippen LogP contribution in [0.3, 0.4) is 0 Å². The number of H-pyrrole nitrogens is 1. The minimum Gasteiger partial charge on any atom is -0.492 e. The number of ether oxygens (including phenoxy) is 1. The summed E-state index contributed by atoms with van der Waals surface area (Å²) in [5, 5.41) is 0.599. The lowest BCUT2D eigenvalue weighted by Crippen LogP contribution is -2.07. The molecule has 0 spiro atoms. The molecule has 0 radical (unpaired) electrons. The van der Waals surface area contributed by atoms with Crippen molar-refractivity contribution >= 4 is 11.0 Å². The molecule has 0 bridgehead atoms. The van der Waals surface area contributed by atoms with Gasteiger partial charge in [-0.2, -0.15) is 13.2 Å². The lowest BCUT2D eigenvalue weighted by atomic mass is 10.1. The van der Waals surface area contributed by atoms with Gasteiger partial charge in [-0.25, -0.2) is 4.98 Å². The highest BCUT2D eigenvalue weighted by Crippen LogP contribution is 2.33. The second kappa shape index (κ2) is 5.32. The van der Waals surface area contributed by atoms with Crippen molar-refractivity contribution in [1.29, 1.82) is 0 Å². The van der Waals surface area contributed by atoms with Crippen LogP contribution in [0.1, 0.15) is 12.6 Å². The first-order valence-corrected chi connectivity index (χ1v) is 6.63. The molecule has 3 aromatic heterocycles. The van der Waals surface area contributed by atoms with Crippen molar-refractivity contribution in [3.8, 4) is 17.0 Å². The molecule has 0 aliphatic heterocycles. The van der Waals surface area contributed by atoms with Crippen LogP contribution in [0.2, 0.25) is 0 Å². The SMILES string of the molecule is CCOc1cnccc1-c1cc2ccc(C(F)(F)F)nc2[nH]1. The van der Waals surface area contributed by atoms with Crippen LogP contribution < -0.4 is 4.74 Å². The second-order valence-electron chi connectivity index (χ2n) is 4.62. The Kier molecular flexibility index (Phi) is 3.48. The van der Waals surface area contributed by atoms with Gasteiger partial charge in [0.1, 0.15) is 17.1 Å². The molecule has 0 aliphatic carbocycles. The highest BCUT2D eigenvalue weighted by Gasteiger charge is 2.32. The molecular weight excluding hydrogens is 295 g/mol. The average Bonchev–Trinajstić information content (AvgIpc) is 2.90. The third kappa shape index (κ3) is 2.61.